The average molecular weight is 133 g/mol. The van der Waals surface area contributed by atoms with E-state index < -0.39 is 0 Å². The van der Waals surface area contributed by atoms with E-state index in [4.69, 9.17) is 11.6 Å². The van der Waals surface area contributed by atoms with Crippen molar-refractivity contribution in [3.63, 3.8) is 0 Å². The van der Waals surface area contributed by atoms with E-state index >= 15 is 0 Å². The van der Waals surface area contributed by atoms with Crippen molar-refractivity contribution in [2.75, 3.05) is 0 Å². The highest BCUT2D eigenvalue weighted by atomic mass is 35.5. The fourth-order valence-corrected chi connectivity index (χ4v) is 1.62. The van der Waals surface area contributed by atoms with Crippen LogP contribution in [0.1, 0.15) is 27.7 Å². The predicted molar refractivity (Wildman–Crippen MR) is 37.2 cm³/mol. The second-order valence-corrected chi connectivity index (χ2v) is 4.24. The number of alkyl halides is 1. The summed E-state index contributed by atoms with van der Waals surface area (Å²) in [6, 6.07) is 0. The molecule has 1 saturated carbocycles. The minimum absolute atomic E-state index is 0.370. The first kappa shape index (κ1) is 6.41. The molecule has 0 nitrogen and oxygen atoms in total. The topological polar surface area (TPSA) is 0 Å². The van der Waals surface area contributed by atoms with E-state index in [2.05, 4.69) is 27.7 Å². The van der Waals surface area contributed by atoms with Gasteiger partial charge in [0.05, 0.1) is 0 Å². The minimum Gasteiger partial charge on any atom is -0.122 e. The molecule has 0 aromatic rings. The Kier molecular flexibility index (Phi) is 0.989. The van der Waals surface area contributed by atoms with Crippen molar-refractivity contribution >= 4 is 11.6 Å². The minimum atomic E-state index is 0.370. The average Bonchev–Trinajstić information content (AvgIpc) is 1.88. The Morgan fingerprint density at radius 1 is 1.00 bits per heavy atom. The fourth-order valence-electron chi connectivity index (χ4n) is 1.12. The smallest absolute Gasteiger partial charge is 0.0449 e. The summed E-state index contributed by atoms with van der Waals surface area (Å²) in [7, 11) is 0. The lowest BCUT2D eigenvalue weighted by Gasteiger charge is -2.03. The third kappa shape index (κ3) is 0.473. The lowest BCUT2D eigenvalue weighted by molar-refractivity contribution is 0.457. The first-order valence-corrected chi connectivity index (χ1v) is 3.48. The molecule has 1 aliphatic carbocycles. The molecule has 0 heterocycles. The standard InChI is InChI=1S/C7H13Cl/c1-6(2)5(8)7(6,3)4/h5H,1-4H3. The third-order valence-electron chi connectivity index (χ3n) is 2.84. The zero-order valence-electron chi connectivity index (χ0n) is 5.96. The van der Waals surface area contributed by atoms with Gasteiger partial charge in [0.1, 0.15) is 0 Å². The van der Waals surface area contributed by atoms with Crippen molar-refractivity contribution in [3.05, 3.63) is 0 Å². The first-order valence-electron chi connectivity index (χ1n) is 3.05. The van der Waals surface area contributed by atoms with Gasteiger partial charge in [-0.2, -0.15) is 0 Å². The van der Waals surface area contributed by atoms with Crippen molar-refractivity contribution in [1.82, 2.24) is 0 Å². The van der Waals surface area contributed by atoms with E-state index in [1.165, 1.54) is 0 Å². The molecule has 1 heteroatoms. The van der Waals surface area contributed by atoms with Crippen molar-refractivity contribution in [2.45, 2.75) is 33.1 Å². The summed E-state index contributed by atoms with van der Waals surface area (Å²) in [6.45, 7) is 8.85. The third-order valence-corrected chi connectivity index (χ3v) is 3.94. The molecule has 0 saturated heterocycles. The molecule has 0 bridgehead atoms. The lowest BCUT2D eigenvalue weighted by Crippen LogP contribution is -1.95. The van der Waals surface area contributed by atoms with Crippen LogP contribution in [0.3, 0.4) is 0 Å². The molecule has 0 unspecified atom stereocenters. The van der Waals surface area contributed by atoms with E-state index in [1.54, 1.807) is 0 Å². The predicted octanol–water partition coefficient (Wildman–Crippen LogP) is 2.66. The van der Waals surface area contributed by atoms with Gasteiger partial charge in [-0.25, -0.2) is 0 Å². The van der Waals surface area contributed by atoms with Gasteiger partial charge in [0.2, 0.25) is 0 Å². The van der Waals surface area contributed by atoms with Crippen LogP contribution in [0, 0.1) is 10.8 Å². The van der Waals surface area contributed by atoms with Crippen molar-refractivity contribution in [2.24, 2.45) is 10.8 Å². The van der Waals surface area contributed by atoms with E-state index in [9.17, 15) is 0 Å². The van der Waals surface area contributed by atoms with Gasteiger partial charge in [0.25, 0.3) is 0 Å². The van der Waals surface area contributed by atoms with Crippen LogP contribution in [0.5, 0.6) is 0 Å². The maximum Gasteiger partial charge on any atom is 0.0449 e. The van der Waals surface area contributed by atoms with Gasteiger partial charge in [-0.05, 0) is 10.8 Å². The number of hydrogen-bond donors (Lipinski definition) is 0. The highest BCUT2D eigenvalue weighted by molar-refractivity contribution is 6.24. The summed E-state index contributed by atoms with van der Waals surface area (Å²) in [4.78, 5) is 0. The Hall–Kier alpha value is 0.290. The molecule has 1 aliphatic rings. The van der Waals surface area contributed by atoms with Gasteiger partial charge in [0.15, 0.2) is 0 Å². The number of hydrogen-bond acceptors (Lipinski definition) is 0. The van der Waals surface area contributed by atoms with Crippen LogP contribution in [-0.4, -0.2) is 5.38 Å². The SMILES string of the molecule is CC1(C)C(Cl)C1(C)C. The molecule has 0 spiro atoms. The molecule has 0 atom stereocenters. The van der Waals surface area contributed by atoms with Crippen LogP contribution in [-0.2, 0) is 0 Å². The van der Waals surface area contributed by atoms with Gasteiger partial charge in [-0.3, -0.25) is 0 Å². The van der Waals surface area contributed by atoms with Gasteiger partial charge < -0.3 is 0 Å². The van der Waals surface area contributed by atoms with Crippen molar-refractivity contribution in [3.8, 4) is 0 Å². The Balaban J connectivity index is 2.72. The zero-order chi connectivity index (χ0) is 6.58. The molecule has 1 fully saturated rings. The van der Waals surface area contributed by atoms with Crippen molar-refractivity contribution < 1.29 is 0 Å². The molecule has 0 aliphatic heterocycles. The van der Waals surface area contributed by atoms with Crippen LogP contribution in [0.25, 0.3) is 0 Å². The second kappa shape index (κ2) is 1.23. The maximum atomic E-state index is 5.97. The van der Waals surface area contributed by atoms with Crippen LogP contribution < -0.4 is 0 Å². The molecule has 0 amide bonds. The molecule has 0 radical (unpaired) electrons. The highest BCUT2D eigenvalue weighted by Gasteiger charge is 2.63. The molecule has 0 N–H and O–H groups in total. The maximum absolute atomic E-state index is 5.97. The quantitative estimate of drug-likeness (QED) is 0.445. The molecule has 48 valence electrons. The Morgan fingerprint density at radius 3 is 1.12 bits per heavy atom. The molecule has 8 heavy (non-hydrogen) atoms. The van der Waals surface area contributed by atoms with Crippen LogP contribution >= 0.6 is 11.6 Å². The van der Waals surface area contributed by atoms with E-state index in [0.29, 0.717) is 16.2 Å². The summed E-state index contributed by atoms with van der Waals surface area (Å²) in [5, 5.41) is 0.384. The largest absolute Gasteiger partial charge is 0.122 e. The summed E-state index contributed by atoms with van der Waals surface area (Å²) in [5.74, 6) is 0. The summed E-state index contributed by atoms with van der Waals surface area (Å²) in [6.07, 6.45) is 0. The van der Waals surface area contributed by atoms with Crippen LogP contribution in [0.2, 0.25) is 0 Å². The van der Waals surface area contributed by atoms with E-state index in [-0.39, 0.29) is 0 Å². The molecule has 1 rings (SSSR count). The monoisotopic (exact) mass is 132 g/mol. The van der Waals surface area contributed by atoms with E-state index in [1.807, 2.05) is 0 Å². The van der Waals surface area contributed by atoms with Gasteiger partial charge >= 0.3 is 0 Å². The van der Waals surface area contributed by atoms with Gasteiger partial charge in [-0.1, -0.05) is 27.7 Å². The Bertz CT molecular complexity index is 99.6. The van der Waals surface area contributed by atoms with Crippen LogP contribution in [0.4, 0.5) is 0 Å². The van der Waals surface area contributed by atoms with E-state index in [0.717, 1.165) is 0 Å². The Labute approximate surface area is 56.2 Å². The molecule has 0 aromatic carbocycles. The lowest BCUT2D eigenvalue weighted by atomic mass is 10.0. The second-order valence-electron chi connectivity index (χ2n) is 3.81. The normalized spacial score (nSPS) is 32.6. The summed E-state index contributed by atoms with van der Waals surface area (Å²) in [5.41, 5.74) is 0.739. The van der Waals surface area contributed by atoms with Crippen LogP contribution in [0.15, 0.2) is 0 Å². The summed E-state index contributed by atoms with van der Waals surface area (Å²) < 4.78 is 0. The molecular formula is C7H13Cl. The molecular weight excluding hydrogens is 120 g/mol. The highest BCUT2D eigenvalue weighted by Crippen LogP contribution is 2.65. The fraction of sp³-hybridized carbons (Fsp3) is 1.00. The summed E-state index contributed by atoms with van der Waals surface area (Å²) >= 11 is 5.97. The first-order chi connectivity index (χ1) is 3.40. The van der Waals surface area contributed by atoms with Gasteiger partial charge in [-0.15, -0.1) is 11.6 Å². The number of rotatable bonds is 0. The number of halogens is 1. The van der Waals surface area contributed by atoms with Crippen molar-refractivity contribution in [1.29, 1.82) is 0 Å². The zero-order valence-corrected chi connectivity index (χ0v) is 6.71. The Morgan fingerprint density at radius 2 is 1.12 bits per heavy atom. The molecule has 0 aromatic heterocycles. The van der Waals surface area contributed by atoms with Gasteiger partial charge in [0, 0.05) is 5.38 Å².